The van der Waals surface area contributed by atoms with Gasteiger partial charge in [0, 0.05) is 26.0 Å². The normalized spacial score (nSPS) is 10.5. The zero-order valence-corrected chi connectivity index (χ0v) is 12.2. The maximum absolute atomic E-state index is 9.55. The van der Waals surface area contributed by atoms with Gasteiger partial charge in [-0.2, -0.15) is 5.26 Å². The largest absolute Gasteiger partial charge is 0.363 e. The summed E-state index contributed by atoms with van der Waals surface area (Å²) in [5, 5.41) is 10.6. The number of anilines is 1. The molecule has 3 nitrogen and oxygen atoms in total. The molecule has 3 heteroatoms. The minimum absolute atomic E-state index is 0.742. The second-order valence-electron chi connectivity index (χ2n) is 5.29. The molecule has 3 rings (SSSR count). The van der Waals surface area contributed by atoms with Crippen molar-refractivity contribution in [1.82, 2.24) is 4.57 Å². The van der Waals surface area contributed by atoms with Crippen LogP contribution in [0, 0.1) is 11.3 Å². The monoisotopic (exact) mass is 275 g/mol. The molecule has 0 aliphatic rings. The van der Waals surface area contributed by atoms with Crippen LogP contribution < -0.4 is 4.90 Å². The van der Waals surface area contributed by atoms with Crippen molar-refractivity contribution < 1.29 is 0 Å². The molecule has 0 saturated heterocycles. The number of hydrogen-bond acceptors (Lipinski definition) is 2. The molecule has 1 aromatic heterocycles. The fraction of sp³-hybridized carbons (Fsp3) is 0.167. The molecule has 0 spiro atoms. The summed E-state index contributed by atoms with van der Waals surface area (Å²) < 4.78 is 2.21. The number of rotatable bonds is 3. The van der Waals surface area contributed by atoms with E-state index in [1.54, 1.807) is 0 Å². The van der Waals surface area contributed by atoms with Gasteiger partial charge in [0.15, 0.2) is 0 Å². The van der Waals surface area contributed by atoms with Crippen molar-refractivity contribution in [1.29, 1.82) is 5.26 Å². The van der Waals surface area contributed by atoms with Crippen LogP contribution in [0.5, 0.6) is 0 Å². The van der Waals surface area contributed by atoms with Crippen molar-refractivity contribution in [2.45, 2.75) is 6.54 Å². The predicted molar refractivity (Wildman–Crippen MR) is 86.5 cm³/mol. The Balaban J connectivity index is 2.25. The average Bonchev–Trinajstić information content (AvgIpc) is 2.82. The first-order valence-electron chi connectivity index (χ1n) is 6.95. The van der Waals surface area contributed by atoms with Gasteiger partial charge in [-0.05, 0) is 11.6 Å². The molecule has 0 amide bonds. The van der Waals surface area contributed by atoms with Crippen LogP contribution in [-0.2, 0) is 6.54 Å². The van der Waals surface area contributed by atoms with Crippen LogP contribution in [0.3, 0.4) is 0 Å². The highest BCUT2D eigenvalue weighted by Gasteiger charge is 2.18. The van der Waals surface area contributed by atoms with Gasteiger partial charge in [-0.15, -0.1) is 0 Å². The van der Waals surface area contributed by atoms with E-state index in [4.69, 9.17) is 0 Å². The molecule has 0 atom stereocenters. The van der Waals surface area contributed by atoms with Crippen molar-refractivity contribution in [3.63, 3.8) is 0 Å². The molecule has 0 unspecified atom stereocenters. The molecule has 21 heavy (non-hydrogen) atoms. The Morgan fingerprint density at radius 2 is 1.67 bits per heavy atom. The third-order valence-electron chi connectivity index (χ3n) is 3.66. The summed E-state index contributed by atoms with van der Waals surface area (Å²) >= 11 is 0. The fourth-order valence-corrected chi connectivity index (χ4v) is 2.79. The van der Waals surface area contributed by atoms with E-state index in [1.807, 2.05) is 55.4 Å². The number of benzene rings is 2. The number of para-hydroxylation sites is 1. The Hall–Kier alpha value is -2.73. The Morgan fingerprint density at radius 1 is 1.00 bits per heavy atom. The number of hydrogen-bond donors (Lipinski definition) is 0. The maximum Gasteiger partial charge on any atom is 0.127 e. The molecule has 3 aromatic rings. The molecular formula is C18H17N3. The summed E-state index contributed by atoms with van der Waals surface area (Å²) in [7, 11) is 3.97. The third kappa shape index (κ3) is 2.25. The summed E-state index contributed by atoms with van der Waals surface area (Å²) in [5.41, 5.74) is 3.07. The second kappa shape index (κ2) is 5.34. The van der Waals surface area contributed by atoms with Crippen molar-refractivity contribution in [2.75, 3.05) is 19.0 Å². The van der Waals surface area contributed by atoms with Crippen molar-refractivity contribution in [2.24, 2.45) is 0 Å². The van der Waals surface area contributed by atoms with Crippen LogP contribution in [0.15, 0.2) is 54.6 Å². The second-order valence-corrected chi connectivity index (χ2v) is 5.29. The highest BCUT2D eigenvalue weighted by molar-refractivity contribution is 5.92. The Labute approximate surface area is 124 Å². The van der Waals surface area contributed by atoms with E-state index < -0.39 is 0 Å². The first kappa shape index (κ1) is 13.3. The first-order valence-corrected chi connectivity index (χ1v) is 6.95. The molecule has 0 aliphatic carbocycles. The SMILES string of the molecule is CN(C)c1c(C#N)c2ccccc2n1Cc1ccccc1. The molecule has 0 bridgehead atoms. The molecule has 104 valence electrons. The summed E-state index contributed by atoms with van der Waals surface area (Å²) in [6.07, 6.45) is 0. The summed E-state index contributed by atoms with van der Waals surface area (Å²) in [6, 6.07) is 20.8. The van der Waals surface area contributed by atoms with Gasteiger partial charge in [-0.3, -0.25) is 0 Å². The molecule has 2 aromatic carbocycles. The van der Waals surface area contributed by atoms with Crippen LogP contribution in [0.4, 0.5) is 5.82 Å². The van der Waals surface area contributed by atoms with E-state index in [0.29, 0.717) is 0 Å². The molecule has 0 fully saturated rings. The number of nitrogens with zero attached hydrogens (tertiary/aromatic N) is 3. The van der Waals surface area contributed by atoms with E-state index in [2.05, 4.69) is 28.8 Å². The standard InChI is InChI=1S/C18H17N3/c1-20(2)18-16(12-19)15-10-6-7-11-17(15)21(18)13-14-8-4-3-5-9-14/h3-11H,13H2,1-2H3. The van der Waals surface area contributed by atoms with E-state index in [1.165, 1.54) is 5.56 Å². The van der Waals surface area contributed by atoms with Gasteiger partial charge in [-0.25, -0.2) is 0 Å². The van der Waals surface area contributed by atoms with Crippen molar-refractivity contribution >= 4 is 16.7 Å². The molecule has 0 aliphatic heterocycles. The van der Waals surface area contributed by atoms with Gasteiger partial charge < -0.3 is 9.47 Å². The van der Waals surface area contributed by atoms with Gasteiger partial charge in [-0.1, -0.05) is 48.5 Å². The Kier molecular flexibility index (Phi) is 3.37. The lowest BCUT2D eigenvalue weighted by Crippen LogP contribution is -2.16. The fourth-order valence-electron chi connectivity index (χ4n) is 2.79. The zero-order valence-electron chi connectivity index (χ0n) is 12.2. The smallest absolute Gasteiger partial charge is 0.127 e. The van der Waals surface area contributed by atoms with Gasteiger partial charge >= 0.3 is 0 Å². The number of fused-ring (bicyclic) bond motifs is 1. The number of aromatic nitrogens is 1. The van der Waals surface area contributed by atoms with Gasteiger partial charge in [0.25, 0.3) is 0 Å². The first-order chi connectivity index (χ1) is 10.2. The van der Waals surface area contributed by atoms with Gasteiger partial charge in [0.05, 0.1) is 5.52 Å². The Bertz CT molecular complexity index is 808. The van der Waals surface area contributed by atoms with Crippen LogP contribution in [0.1, 0.15) is 11.1 Å². The summed E-state index contributed by atoms with van der Waals surface area (Å²) in [4.78, 5) is 2.02. The molecule has 0 radical (unpaired) electrons. The molecule has 0 saturated carbocycles. The minimum atomic E-state index is 0.742. The lowest BCUT2D eigenvalue weighted by molar-refractivity contribution is 0.814. The minimum Gasteiger partial charge on any atom is -0.363 e. The molecular weight excluding hydrogens is 258 g/mol. The van der Waals surface area contributed by atoms with Crippen LogP contribution in [-0.4, -0.2) is 18.7 Å². The van der Waals surface area contributed by atoms with Crippen molar-refractivity contribution in [3.8, 4) is 6.07 Å². The lowest BCUT2D eigenvalue weighted by atomic mass is 10.2. The number of nitriles is 1. The summed E-state index contributed by atoms with van der Waals surface area (Å²) in [6.45, 7) is 0.760. The van der Waals surface area contributed by atoms with Crippen molar-refractivity contribution in [3.05, 3.63) is 65.7 Å². The predicted octanol–water partition coefficient (Wildman–Crippen LogP) is 3.63. The van der Waals surface area contributed by atoms with E-state index in [0.717, 1.165) is 28.8 Å². The van der Waals surface area contributed by atoms with Gasteiger partial charge in [0.1, 0.15) is 17.5 Å². The Morgan fingerprint density at radius 3 is 2.33 bits per heavy atom. The third-order valence-corrected chi connectivity index (χ3v) is 3.66. The van der Waals surface area contributed by atoms with Crippen LogP contribution in [0.2, 0.25) is 0 Å². The lowest BCUT2D eigenvalue weighted by Gasteiger charge is -2.17. The molecule has 1 heterocycles. The van der Waals surface area contributed by atoms with Crippen LogP contribution >= 0.6 is 0 Å². The quantitative estimate of drug-likeness (QED) is 0.731. The van der Waals surface area contributed by atoms with Crippen LogP contribution in [0.25, 0.3) is 10.9 Å². The van der Waals surface area contributed by atoms with E-state index in [9.17, 15) is 5.26 Å². The summed E-state index contributed by atoms with van der Waals surface area (Å²) in [5.74, 6) is 0.961. The topological polar surface area (TPSA) is 32.0 Å². The van der Waals surface area contributed by atoms with E-state index in [-0.39, 0.29) is 0 Å². The highest BCUT2D eigenvalue weighted by atomic mass is 15.2. The zero-order chi connectivity index (χ0) is 14.8. The highest BCUT2D eigenvalue weighted by Crippen LogP contribution is 2.32. The van der Waals surface area contributed by atoms with Gasteiger partial charge in [0.2, 0.25) is 0 Å². The average molecular weight is 275 g/mol. The van der Waals surface area contributed by atoms with E-state index >= 15 is 0 Å². The maximum atomic E-state index is 9.55. The molecule has 0 N–H and O–H groups in total.